The molecule has 1 N–H and O–H groups in total. The molecule has 3 rings (SSSR count). The normalized spacial score (nSPS) is 14.0. The van der Waals surface area contributed by atoms with E-state index < -0.39 is 5.97 Å². The van der Waals surface area contributed by atoms with Gasteiger partial charge in [0.1, 0.15) is 0 Å². The van der Waals surface area contributed by atoms with E-state index in [9.17, 15) is 14.7 Å². The summed E-state index contributed by atoms with van der Waals surface area (Å²) in [5.74, 6) is -1.04. The summed E-state index contributed by atoms with van der Waals surface area (Å²) in [6.07, 6.45) is 3.11. The zero-order chi connectivity index (χ0) is 16.2. The first kappa shape index (κ1) is 15.3. The molecule has 0 bridgehead atoms. The summed E-state index contributed by atoms with van der Waals surface area (Å²) < 4.78 is 0. The van der Waals surface area contributed by atoms with E-state index in [-0.39, 0.29) is 17.9 Å². The van der Waals surface area contributed by atoms with Crippen LogP contribution in [0.4, 0.5) is 5.69 Å². The first-order chi connectivity index (χ1) is 11.2. The maximum atomic E-state index is 12.8. The fraction of sp³-hybridized carbons (Fsp3) is 0.263. The minimum absolute atomic E-state index is 0.0481. The van der Waals surface area contributed by atoms with E-state index in [1.165, 1.54) is 5.56 Å². The Hall–Kier alpha value is -2.62. The fourth-order valence-corrected chi connectivity index (χ4v) is 3.09. The zero-order valence-corrected chi connectivity index (χ0v) is 12.9. The third kappa shape index (κ3) is 3.26. The van der Waals surface area contributed by atoms with E-state index in [2.05, 4.69) is 6.07 Å². The van der Waals surface area contributed by atoms with Crippen molar-refractivity contribution in [3.8, 4) is 0 Å². The summed E-state index contributed by atoms with van der Waals surface area (Å²) in [7, 11) is 0. The van der Waals surface area contributed by atoms with Crippen molar-refractivity contribution in [2.75, 3.05) is 11.4 Å². The van der Waals surface area contributed by atoms with Crippen LogP contribution in [0.3, 0.4) is 0 Å². The van der Waals surface area contributed by atoms with Crippen LogP contribution < -0.4 is 4.90 Å². The molecule has 1 aliphatic rings. The fourth-order valence-electron chi connectivity index (χ4n) is 3.09. The van der Waals surface area contributed by atoms with Gasteiger partial charge in [0.05, 0.1) is 12.0 Å². The highest BCUT2D eigenvalue weighted by molar-refractivity contribution is 5.98. The number of hydrogen-bond donors (Lipinski definition) is 1. The number of carbonyl (C=O) groups is 2. The van der Waals surface area contributed by atoms with Crippen molar-refractivity contribution in [3.63, 3.8) is 0 Å². The molecule has 4 heteroatoms. The third-order valence-corrected chi connectivity index (χ3v) is 4.25. The van der Waals surface area contributed by atoms with E-state index in [4.69, 9.17) is 0 Å². The minimum Gasteiger partial charge on any atom is -0.478 e. The smallest absolute Gasteiger partial charge is 0.335 e. The Morgan fingerprint density at radius 3 is 2.57 bits per heavy atom. The lowest BCUT2D eigenvalue weighted by molar-refractivity contribution is -0.118. The molecule has 0 saturated carbocycles. The highest BCUT2D eigenvalue weighted by Gasteiger charge is 2.22. The molecule has 0 saturated heterocycles. The molecule has 0 radical (unpaired) electrons. The molecule has 0 aromatic heterocycles. The highest BCUT2D eigenvalue weighted by Crippen LogP contribution is 2.27. The van der Waals surface area contributed by atoms with Crippen LogP contribution in [0.15, 0.2) is 48.5 Å². The van der Waals surface area contributed by atoms with Gasteiger partial charge in [-0.3, -0.25) is 4.79 Å². The molecule has 1 amide bonds. The Bertz CT molecular complexity index is 739. The predicted octanol–water partition coefficient (Wildman–Crippen LogP) is 3.30. The summed E-state index contributed by atoms with van der Waals surface area (Å²) in [5, 5.41) is 9.27. The number of hydrogen-bond acceptors (Lipinski definition) is 2. The second kappa shape index (κ2) is 6.65. The van der Waals surface area contributed by atoms with Gasteiger partial charge in [0.25, 0.3) is 0 Å². The van der Waals surface area contributed by atoms with Crippen molar-refractivity contribution in [1.82, 2.24) is 0 Å². The number of amides is 1. The topological polar surface area (TPSA) is 57.6 Å². The molecule has 0 atom stereocenters. The van der Waals surface area contributed by atoms with E-state index in [0.717, 1.165) is 24.9 Å². The molecule has 4 nitrogen and oxygen atoms in total. The van der Waals surface area contributed by atoms with E-state index in [1.54, 1.807) is 29.2 Å². The van der Waals surface area contributed by atoms with Crippen LogP contribution in [0.5, 0.6) is 0 Å². The average Bonchev–Trinajstić information content (AvgIpc) is 2.77. The molecule has 23 heavy (non-hydrogen) atoms. The van der Waals surface area contributed by atoms with Gasteiger partial charge in [-0.25, -0.2) is 4.79 Å². The van der Waals surface area contributed by atoms with Crippen molar-refractivity contribution in [2.45, 2.75) is 25.7 Å². The Morgan fingerprint density at radius 1 is 1.00 bits per heavy atom. The molecular weight excluding hydrogens is 290 g/mol. The number of carboxylic acid groups (broad SMARTS) is 1. The minimum atomic E-state index is -0.996. The van der Waals surface area contributed by atoms with Gasteiger partial charge in [-0.2, -0.15) is 0 Å². The van der Waals surface area contributed by atoms with Crippen LogP contribution in [-0.2, 0) is 17.6 Å². The van der Waals surface area contributed by atoms with Crippen molar-refractivity contribution < 1.29 is 14.7 Å². The number of carbonyl (C=O) groups excluding carboxylic acids is 1. The Morgan fingerprint density at radius 2 is 1.74 bits per heavy atom. The first-order valence-electron chi connectivity index (χ1n) is 7.86. The van der Waals surface area contributed by atoms with Crippen LogP contribution in [-0.4, -0.2) is 23.5 Å². The SMILES string of the molecule is O=C(O)c1ccccc1CC(=O)N1CCCCc2ccccc21. The summed E-state index contributed by atoms with van der Waals surface area (Å²) >= 11 is 0. The van der Waals surface area contributed by atoms with Crippen molar-refractivity contribution in [1.29, 1.82) is 0 Å². The molecule has 1 aliphatic heterocycles. The predicted molar refractivity (Wildman–Crippen MR) is 88.8 cm³/mol. The lowest BCUT2D eigenvalue weighted by Crippen LogP contribution is -2.33. The van der Waals surface area contributed by atoms with Gasteiger partial charge in [0.15, 0.2) is 0 Å². The van der Waals surface area contributed by atoms with Crippen molar-refractivity contribution in [3.05, 3.63) is 65.2 Å². The van der Waals surface area contributed by atoms with Crippen LogP contribution >= 0.6 is 0 Å². The molecule has 0 aliphatic carbocycles. The number of aryl methyl sites for hydroxylation is 1. The highest BCUT2D eigenvalue weighted by atomic mass is 16.4. The standard InChI is InChI=1S/C19H19NO3/c21-18(13-15-9-1-3-10-16(15)19(22)23)20-12-6-5-8-14-7-2-4-11-17(14)20/h1-4,7,9-11H,5-6,8,12-13H2,(H,22,23). The summed E-state index contributed by atoms with van der Waals surface area (Å²) in [6.45, 7) is 0.686. The van der Waals surface area contributed by atoms with Crippen LogP contribution in [0, 0.1) is 0 Å². The quantitative estimate of drug-likeness (QED) is 0.946. The maximum absolute atomic E-state index is 12.8. The number of anilines is 1. The zero-order valence-electron chi connectivity index (χ0n) is 12.9. The van der Waals surface area contributed by atoms with Gasteiger partial charge < -0.3 is 10.0 Å². The van der Waals surface area contributed by atoms with Gasteiger partial charge >= 0.3 is 5.97 Å². The van der Waals surface area contributed by atoms with Crippen molar-refractivity contribution >= 4 is 17.6 Å². The second-order valence-electron chi connectivity index (χ2n) is 5.77. The van der Waals surface area contributed by atoms with Crippen LogP contribution in [0.1, 0.15) is 34.3 Å². The number of carboxylic acids is 1. The lowest BCUT2D eigenvalue weighted by Gasteiger charge is -2.23. The number of rotatable bonds is 3. The first-order valence-corrected chi connectivity index (χ1v) is 7.86. The van der Waals surface area contributed by atoms with E-state index >= 15 is 0 Å². The monoisotopic (exact) mass is 309 g/mol. The van der Waals surface area contributed by atoms with Gasteiger partial charge in [0, 0.05) is 12.2 Å². The van der Waals surface area contributed by atoms with Crippen LogP contribution in [0.25, 0.3) is 0 Å². The van der Waals surface area contributed by atoms with E-state index in [1.807, 2.05) is 18.2 Å². The Balaban J connectivity index is 1.88. The molecule has 118 valence electrons. The maximum Gasteiger partial charge on any atom is 0.335 e. The summed E-state index contributed by atoms with van der Waals surface area (Å²) in [5.41, 5.74) is 2.91. The van der Waals surface area contributed by atoms with Crippen molar-refractivity contribution in [2.24, 2.45) is 0 Å². The summed E-state index contributed by atoms with van der Waals surface area (Å²) in [4.78, 5) is 25.9. The number of benzene rings is 2. The number of nitrogens with zero attached hydrogens (tertiary/aromatic N) is 1. The van der Waals surface area contributed by atoms with E-state index in [0.29, 0.717) is 12.1 Å². The molecule has 2 aromatic carbocycles. The molecule has 0 spiro atoms. The second-order valence-corrected chi connectivity index (χ2v) is 5.77. The number of aromatic carboxylic acids is 1. The summed E-state index contributed by atoms with van der Waals surface area (Å²) in [6, 6.07) is 14.7. The lowest BCUT2D eigenvalue weighted by atomic mass is 10.0. The van der Waals surface area contributed by atoms with Crippen LogP contribution in [0.2, 0.25) is 0 Å². The molecule has 2 aromatic rings. The molecular formula is C19H19NO3. The third-order valence-electron chi connectivity index (χ3n) is 4.25. The average molecular weight is 309 g/mol. The largest absolute Gasteiger partial charge is 0.478 e. The van der Waals surface area contributed by atoms with Gasteiger partial charge in [-0.05, 0) is 42.5 Å². The van der Waals surface area contributed by atoms with Gasteiger partial charge in [0.2, 0.25) is 5.91 Å². The molecule has 0 fully saturated rings. The Labute approximate surface area is 135 Å². The Kier molecular flexibility index (Phi) is 4.42. The number of para-hydroxylation sites is 1. The van der Waals surface area contributed by atoms with Gasteiger partial charge in [-0.15, -0.1) is 0 Å². The number of fused-ring (bicyclic) bond motifs is 1. The molecule has 0 unspecified atom stereocenters. The molecule has 1 heterocycles. The van der Waals surface area contributed by atoms with Gasteiger partial charge in [-0.1, -0.05) is 36.4 Å².